The van der Waals surface area contributed by atoms with Crippen molar-refractivity contribution in [2.45, 2.75) is 39.7 Å². The molecule has 0 radical (unpaired) electrons. The fourth-order valence-corrected chi connectivity index (χ4v) is 3.54. The summed E-state index contributed by atoms with van der Waals surface area (Å²) >= 11 is 3.40. The number of hydrogen-bond acceptors (Lipinski definition) is 2. The lowest BCUT2D eigenvalue weighted by Gasteiger charge is -2.14. The van der Waals surface area contributed by atoms with Crippen LogP contribution < -0.4 is 5.32 Å². The third-order valence-electron chi connectivity index (χ3n) is 4.87. The molecule has 3 aromatic rings. The molecule has 0 saturated carbocycles. The van der Waals surface area contributed by atoms with Gasteiger partial charge in [0.2, 0.25) is 0 Å². The van der Waals surface area contributed by atoms with E-state index in [4.69, 9.17) is 4.98 Å². The van der Waals surface area contributed by atoms with Crippen LogP contribution in [0.5, 0.6) is 0 Å². The molecule has 1 heterocycles. The summed E-state index contributed by atoms with van der Waals surface area (Å²) in [5.74, 6) is 1.68. The molecule has 0 fully saturated rings. The second-order valence-corrected chi connectivity index (χ2v) is 7.93. The zero-order valence-corrected chi connectivity index (χ0v) is 17.5. The Balaban J connectivity index is 1.63. The van der Waals surface area contributed by atoms with E-state index >= 15 is 0 Å². The minimum atomic E-state index is -0.0376. The highest BCUT2D eigenvalue weighted by atomic mass is 79.9. The van der Waals surface area contributed by atoms with Crippen LogP contribution in [0.15, 0.2) is 53.0 Å². The summed E-state index contributed by atoms with van der Waals surface area (Å²) < 4.78 is 3.26. The number of fused-ring (bicyclic) bond motifs is 1. The number of aryl methyl sites for hydroxylation is 1. The number of amides is 1. The largest absolute Gasteiger partial charge is 0.352 e. The van der Waals surface area contributed by atoms with E-state index in [0.29, 0.717) is 18.0 Å². The number of imidazole rings is 1. The number of para-hydroxylation sites is 2. The minimum absolute atomic E-state index is 0.0376. The molecule has 0 saturated heterocycles. The van der Waals surface area contributed by atoms with Crippen LogP contribution in [0.4, 0.5) is 0 Å². The summed E-state index contributed by atoms with van der Waals surface area (Å²) in [6.07, 6.45) is 2.86. The van der Waals surface area contributed by atoms with Gasteiger partial charge in [-0.05, 0) is 42.7 Å². The van der Waals surface area contributed by atoms with Crippen LogP contribution in [-0.2, 0) is 13.0 Å². The lowest BCUT2D eigenvalue weighted by atomic mass is 10.1. The maximum atomic E-state index is 12.2. The van der Waals surface area contributed by atoms with E-state index in [0.717, 1.165) is 41.6 Å². The number of halogens is 1. The normalized spacial score (nSPS) is 12.3. The van der Waals surface area contributed by atoms with Gasteiger partial charge in [-0.25, -0.2) is 4.98 Å². The lowest BCUT2D eigenvalue weighted by Crippen LogP contribution is -2.25. The van der Waals surface area contributed by atoms with Crippen molar-refractivity contribution in [2.75, 3.05) is 6.54 Å². The Kier molecular flexibility index (Phi) is 6.67. The Morgan fingerprint density at radius 2 is 2.04 bits per heavy atom. The van der Waals surface area contributed by atoms with Gasteiger partial charge in [0.05, 0.1) is 11.0 Å². The Labute approximate surface area is 169 Å². The summed E-state index contributed by atoms with van der Waals surface area (Å²) in [6, 6.07) is 15.8. The Morgan fingerprint density at radius 1 is 1.22 bits per heavy atom. The molecular formula is C22H26BrN3O. The second-order valence-electron chi connectivity index (χ2n) is 7.01. The van der Waals surface area contributed by atoms with Gasteiger partial charge in [0.25, 0.3) is 5.91 Å². The minimum Gasteiger partial charge on any atom is -0.352 e. The maximum absolute atomic E-state index is 12.2. The summed E-state index contributed by atoms with van der Waals surface area (Å²) in [5, 5.41) is 3.00. The highest BCUT2D eigenvalue weighted by Gasteiger charge is 2.12. The first kappa shape index (κ1) is 19.6. The lowest BCUT2D eigenvalue weighted by molar-refractivity contribution is 0.0953. The van der Waals surface area contributed by atoms with Gasteiger partial charge in [-0.2, -0.15) is 0 Å². The summed E-state index contributed by atoms with van der Waals surface area (Å²) in [6.45, 7) is 6.12. The maximum Gasteiger partial charge on any atom is 0.251 e. The molecular weight excluding hydrogens is 402 g/mol. The number of hydrogen-bond donors (Lipinski definition) is 1. The van der Waals surface area contributed by atoms with Crippen LogP contribution in [0.3, 0.4) is 0 Å². The average Bonchev–Trinajstić information content (AvgIpc) is 3.02. The molecule has 3 rings (SSSR count). The highest BCUT2D eigenvalue weighted by Crippen LogP contribution is 2.20. The summed E-state index contributed by atoms with van der Waals surface area (Å²) in [4.78, 5) is 17.1. The number of rotatable bonds is 8. The van der Waals surface area contributed by atoms with E-state index in [1.54, 1.807) is 0 Å². The van der Waals surface area contributed by atoms with Crippen LogP contribution in [-0.4, -0.2) is 22.0 Å². The molecule has 0 spiro atoms. The second kappa shape index (κ2) is 9.18. The number of nitrogens with zero attached hydrogens (tertiary/aromatic N) is 2. The van der Waals surface area contributed by atoms with Crippen LogP contribution in [0.1, 0.15) is 42.9 Å². The van der Waals surface area contributed by atoms with Crippen LogP contribution in [0, 0.1) is 5.92 Å². The molecule has 0 bridgehead atoms. The van der Waals surface area contributed by atoms with Gasteiger partial charge in [-0.15, -0.1) is 0 Å². The molecule has 142 valence electrons. The van der Waals surface area contributed by atoms with Crippen molar-refractivity contribution in [3.63, 3.8) is 0 Å². The highest BCUT2D eigenvalue weighted by molar-refractivity contribution is 9.10. The van der Waals surface area contributed by atoms with Gasteiger partial charge in [0.1, 0.15) is 5.82 Å². The topological polar surface area (TPSA) is 46.9 Å². The third kappa shape index (κ3) is 4.98. The summed E-state index contributed by atoms with van der Waals surface area (Å²) in [5.41, 5.74) is 2.92. The van der Waals surface area contributed by atoms with E-state index in [1.165, 1.54) is 5.52 Å². The Bertz CT molecular complexity index is 919. The van der Waals surface area contributed by atoms with Gasteiger partial charge in [-0.3, -0.25) is 4.79 Å². The quantitative estimate of drug-likeness (QED) is 0.501. The average molecular weight is 428 g/mol. The van der Waals surface area contributed by atoms with E-state index in [2.05, 4.69) is 57.9 Å². The molecule has 1 atom stereocenters. The molecule has 1 unspecified atom stereocenters. The molecule has 2 aromatic carbocycles. The van der Waals surface area contributed by atoms with Crippen molar-refractivity contribution >= 4 is 32.9 Å². The molecule has 1 aromatic heterocycles. The fourth-order valence-electron chi connectivity index (χ4n) is 3.14. The Morgan fingerprint density at radius 3 is 2.81 bits per heavy atom. The van der Waals surface area contributed by atoms with E-state index in [1.807, 2.05) is 30.3 Å². The molecule has 1 N–H and O–H groups in total. The predicted octanol–water partition coefficient (Wildman–Crippen LogP) is 5.21. The van der Waals surface area contributed by atoms with Gasteiger partial charge in [0, 0.05) is 29.5 Å². The van der Waals surface area contributed by atoms with E-state index in [9.17, 15) is 4.79 Å². The predicted molar refractivity (Wildman–Crippen MR) is 114 cm³/mol. The fraction of sp³-hybridized carbons (Fsp3) is 0.364. The zero-order valence-electron chi connectivity index (χ0n) is 15.9. The van der Waals surface area contributed by atoms with Crippen molar-refractivity contribution < 1.29 is 4.79 Å². The number of benzene rings is 2. The van der Waals surface area contributed by atoms with Crippen LogP contribution >= 0.6 is 15.9 Å². The monoisotopic (exact) mass is 427 g/mol. The molecule has 4 nitrogen and oxygen atoms in total. The number of aromatic nitrogens is 2. The first-order valence-corrected chi connectivity index (χ1v) is 10.4. The Hall–Kier alpha value is -2.14. The number of carbonyl (C=O) groups excluding carboxylic acids is 1. The smallest absolute Gasteiger partial charge is 0.251 e. The van der Waals surface area contributed by atoms with Crippen molar-refractivity contribution in [3.8, 4) is 0 Å². The standard InChI is InChI=1S/C22H26BrN3O/c1-3-16(2)15-26-20-11-5-4-10-19(20)25-21(26)12-7-13-24-22(27)17-8-6-9-18(23)14-17/h4-6,8-11,14,16H,3,7,12-13,15H2,1-2H3,(H,24,27). The first-order valence-electron chi connectivity index (χ1n) is 9.56. The SMILES string of the molecule is CCC(C)Cn1c(CCCNC(=O)c2cccc(Br)c2)nc2ccccc21. The first-order chi connectivity index (χ1) is 13.1. The van der Waals surface area contributed by atoms with Crippen molar-refractivity contribution in [3.05, 3.63) is 64.4 Å². The van der Waals surface area contributed by atoms with Crippen LogP contribution in [0.25, 0.3) is 11.0 Å². The van der Waals surface area contributed by atoms with Gasteiger partial charge < -0.3 is 9.88 Å². The van der Waals surface area contributed by atoms with Gasteiger partial charge in [-0.1, -0.05) is 54.4 Å². The summed E-state index contributed by atoms with van der Waals surface area (Å²) in [7, 11) is 0. The molecule has 0 aliphatic carbocycles. The molecule has 5 heteroatoms. The van der Waals surface area contributed by atoms with Crippen molar-refractivity contribution in [2.24, 2.45) is 5.92 Å². The molecule has 27 heavy (non-hydrogen) atoms. The number of carbonyl (C=O) groups is 1. The molecule has 1 amide bonds. The third-order valence-corrected chi connectivity index (χ3v) is 5.37. The van der Waals surface area contributed by atoms with E-state index in [-0.39, 0.29) is 5.91 Å². The van der Waals surface area contributed by atoms with Crippen molar-refractivity contribution in [1.29, 1.82) is 0 Å². The van der Waals surface area contributed by atoms with Crippen LogP contribution in [0.2, 0.25) is 0 Å². The zero-order chi connectivity index (χ0) is 19.2. The van der Waals surface area contributed by atoms with Crippen molar-refractivity contribution in [1.82, 2.24) is 14.9 Å². The molecule has 0 aliphatic rings. The van der Waals surface area contributed by atoms with Gasteiger partial charge >= 0.3 is 0 Å². The number of nitrogens with one attached hydrogen (secondary N) is 1. The van der Waals surface area contributed by atoms with E-state index < -0.39 is 0 Å². The van der Waals surface area contributed by atoms with Gasteiger partial charge in [0.15, 0.2) is 0 Å². The molecule has 0 aliphatic heterocycles.